The summed E-state index contributed by atoms with van der Waals surface area (Å²) in [6.45, 7) is 3.55. The van der Waals surface area contributed by atoms with Gasteiger partial charge in [-0.1, -0.05) is 13.3 Å². The van der Waals surface area contributed by atoms with Crippen LogP contribution in [0.1, 0.15) is 39.0 Å². The maximum Gasteiger partial charge on any atom is 0.306 e. The summed E-state index contributed by atoms with van der Waals surface area (Å²) < 4.78 is 24.3. The number of rotatable bonds is 8. The lowest BCUT2D eigenvalue weighted by molar-refractivity contribution is -0.143. The zero-order chi connectivity index (χ0) is 15.2. The van der Waals surface area contributed by atoms with Gasteiger partial charge in [0.05, 0.1) is 12.2 Å². The van der Waals surface area contributed by atoms with E-state index in [1.54, 1.807) is 0 Å². The van der Waals surface area contributed by atoms with Crippen LogP contribution in [0.5, 0.6) is 0 Å². The Balaban J connectivity index is 2.25. The van der Waals surface area contributed by atoms with Gasteiger partial charge >= 0.3 is 5.97 Å². The minimum Gasteiger partial charge on any atom is -0.481 e. The van der Waals surface area contributed by atoms with E-state index in [1.165, 1.54) is 10.6 Å². The predicted molar refractivity (Wildman–Crippen MR) is 78.1 cm³/mol. The summed E-state index contributed by atoms with van der Waals surface area (Å²) in [7, 11) is -3.11. The van der Waals surface area contributed by atoms with E-state index in [2.05, 4.69) is 5.32 Å². The van der Waals surface area contributed by atoms with Gasteiger partial charge in [0.25, 0.3) is 0 Å². The summed E-state index contributed by atoms with van der Waals surface area (Å²) in [6, 6.07) is 0.248. The Morgan fingerprint density at radius 1 is 1.40 bits per heavy atom. The molecule has 118 valence electrons. The molecule has 0 aromatic rings. The van der Waals surface area contributed by atoms with E-state index in [9.17, 15) is 13.2 Å². The van der Waals surface area contributed by atoms with Crippen LogP contribution in [0.25, 0.3) is 0 Å². The van der Waals surface area contributed by atoms with Gasteiger partial charge in [0.15, 0.2) is 0 Å². The van der Waals surface area contributed by atoms with Crippen LogP contribution >= 0.6 is 0 Å². The van der Waals surface area contributed by atoms with Gasteiger partial charge in [0.2, 0.25) is 10.0 Å². The third-order valence-electron chi connectivity index (χ3n) is 3.86. The molecule has 1 fully saturated rings. The number of hydrogen-bond acceptors (Lipinski definition) is 4. The number of carboxylic acid groups (broad SMARTS) is 1. The van der Waals surface area contributed by atoms with Crippen LogP contribution in [-0.4, -0.2) is 55.7 Å². The van der Waals surface area contributed by atoms with Crippen molar-refractivity contribution in [2.45, 2.75) is 45.1 Å². The van der Waals surface area contributed by atoms with E-state index in [0.717, 1.165) is 32.2 Å². The summed E-state index contributed by atoms with van der Waals surface area (Å²) >= 11 is 0. The first-order chi connectivity index (χ1) is 9.34. The summed E-state index contributed by atoms with van der Waals surface area (Å²) in [4.78, 5) is 11.0. The second-order valence-electron chi connectivity index (χ2n) is 5.46. The minimum atomic E-state index is -3.11. The normalized spacial score (nSPS) is 23.9. The second kappa shape index (κ2) is 7.95. The maximum absolute atomic E-state index is 11.4. The summed E-state index contributed by atoms with van der Waals surface area (Å²) in [5.41, 5.74) is 0. The van der Waals surface area contributed by atoms with Crippen LogP contribution in [0.15, 0.2) is 0 Å². The number of nitrogens with one attached hydrogen (secondary N) is 1. The molecule has 2 atom stereocenters. The molecule has 7 heteroatoms. The average molecular weight is 306 g/mol. The van der Waals surface area contributed by atoms with Crippen molar-refractivity contribution < 1.29 is 18.3 Å². The molecule has 0 amide bonds. The smallest absolute Gasteiger partial charge is 0.306 e. The molecule has 1 saturated carbocycles. The van der Waals surface area contributed by atoms with E-state index < -0.39 is 16.0 Å². The number of sulfonamides is 1. The maximum atomic E-state index is 11.4. The van der Waals surface area contributed by atoms with Crippen molar-refractivity contribution in [1.29, 1.82) is 0 Å². The quantitative estimate of drug-likeness (QED) is 0.650. The molecule has 1 aliphatic rings. The first-order valence-electron chi connectivity index (χ1n) is 7.26. The third kappa shape index (κ3) is 5.76. The monoisotopic (exact) mass is 306 g/mol. The van der Waals surface area contributed by atoms with Crippen LogP contribution in [-0.2, 0) is 14.8 Å². The molecular weight excluding hydrogens is 280 g/mol. The highest BCUT2D eigenvalue weighted by Crippen LogP contribution is 2.24. The molecule has 20 heavy (non-hydrogen) atoms. The molecule has 1 aliphatic carbocycles. The van der Waals surface area contributed by atoms with Crippen molar-refractivity contribution in [1.82, 2.24) is 9.62 Å². The highest BCUT2D eigenvalue weighted by atomic mass is 32.2. The van der Waals surface area contributed by atoms with Crippen molar-refractivity contribution in [2.24, 2.45) is 5.92 Å². The number of nitrogens with zero attached hydrogens (tertiary/aromatic N) is 1. The van der Waals surface area contributed by atoms with Gasteiger partial charge in [-0.25, -0.2) is 12.7 Å². The Morgan fingerprint density at radius 2 is 2.10 bits per heavy atom. The highest BCUT2D eigenvalue weighted by molar-refractivity contribution is 7.88. The molecule has 0 aromatic heterocycles. The average Bonchev–Trinajstić information content (AvgIpc) is 2.37. The third-order valence-corrected chi connectivity index (χ3v) is 5.24. The zero-order valence-corrected chi connectivity index (χ0v) is 13.2. The van der Waals surface area contributed by atoms with Gasteiger partial charge < -0.3 is 10.4 Å². The SMILES string of the molecule is CCN(CCCNC1CCCC(C(=O)O)C1)S(C)(=O)=O. The van der Waals surface area contributed by atoms with Gasteiger partial charge in [-0.05, 0) is 32.2 Å². The van der Waals surface area contributed by atoms with Crippen molar-refractivity contribution in [2.75, 3.05) is 25.9 Å². The highest BCUT2D eigenvalue weighted by Gasteiger charge is 2.26. The standard InChI is InChI=1S/C13H26N2O4S/c1-3-15(20(2,18)19)9-5-8-14-12-7-4-6-11(10-12)13(16)17/h11-12,14H,3-10H2,1-2H3,(H,16,17). The number of hydrogen-bond donors (Lipinski definition) is 2. The van der Waals surface area contributed by atoms with Crippen molar-refractivity contribution >= 4 is 16.0 Å². The molecular formula is C13H26N2O4S. The van der Waals surface area contributed by atoms with Crippen LogP contribution in [0.4, 0.5) is 0 Å². The predicted octanol–water partition coefficient (Wildman–Crippen LogP) is 0.891. The van der Waals surface area contributed by atoms with E-state index >= 15 is 0 Å². The molecule has 0 spiro atoms. The lowest BCUT2D eigenvalue weighted by Gasteiger charge is -2.27. The van der Waals surface area contributed by atoms with Crippen molar-refractivity contribution in [3.05, 3.63) is 0 Å². The molecule has 0 radical (unpaired) electrons. The molecule has 0 saturated heterocycles. The molecule has 2 N–H and O–H groups in total. The molecule has 0 aromatic carbocycles. The van der Waals surface area contributed by atoms with Gasteiger partial charge in [-0.2, -0.15) is 0 Å². The first kappa shape index (κ1) is 17.4. The van der Waals surface area contributed by atoms with Gasteiger partial charge in [0, 0.05) is 19.1 Å². The molecule has 0 aliphatic heterocycles. The van der Waals surface area contributed by atoms with E-state index in [0.29, 0.717) is 19.5 Å². The van der Waals surface area contributed by atoms with Gasteiger partial charge in [-0.15, -0.1) is 0 Å². The molecule has 0 bridgehead atoms. The molecule has 0 heterocycles. The Bertz CT molecular complexity index is 411. The van der Waals surface area contributed by atoms with E-state index in [4.69, 9.17) is 5.11 Å². The Morgan fingerprint density at radius 3 is 2.65 bits per heavy atom. The zero-order valence-electron chi connectivity index (χ0n) is 12.3. The fourth-order valence-corrected chi connectivity index (χ4v) is 3.65. The van der Waals surface area contributed by atoms with Crippen LogP contribution < -0.4 is 5.32 Å². The topological polar surface area (TPSA) is 86.7 Å². The van der Waals surface area contributed by atoms with Gasteiger partial charge in [0.1, 0.15) is 0 Å². The van der Waals surface area contributed by atoms with Gasteiger partial charge in [-0.3, -0.25) is 4.79 Å². The van der Waals surface area contributed by atoms with Crippen molar-refractivity contribution in [3.63, 3.8) is 0 Å². The molecule has 2 unspecified atom stereocenters. The Labute approximate surface area is 121 Å². The van der Waals surface area contributed by atoms with Crippen molar-refractivity contribution in [3.8, 4) is 0 Å². The van der Waals surface area contributed by atoms with Crippen LogP contribution in [0.3, 0.4) is 0 Å². The summed E-state index contributed by atoms with van der Waals surface area (Å²) in [5.74, 6) is -0.935. The second-order valence-corrected chi connectivity index (χ2v) is 7.44. The Hall–Kier alpha value is -0.660. The summed E-state index contributed by atoms with van der Waals surface area (Å²) in [5, 5.41) is 12.4. The first-order valence-corrected chi connectivity index (χ1v) is 9.10. The number of aliphatic carboxylic acids is 1. The number of carboxylic acids is 1. The summed E-state index contributed by atoms with van der Waals surface area (Å²) in [6.07, 6.45) is 5.37. The lowest BCUT2D eigenvalue weighted by Crippen LogP contribution is -2.38. The molecule has 1 rings (SSSR count). The fraction of sp³-hybridized carbons (Fsp3) is 0.923. The minimum absolute atomic E-state index is 0.232. The van der Waals surface area contributed by atoms with Crippen LogP contribution in [0.2, 0.25) is 0 Å². The number of carbonyl (C=O) groups is 1. The largest absolute Gasteiger partial charge is 0.481 e. The van der Waals surface area contributed by atoms with E-state index in [-0.39, 0.29) is 12.0 Å². The van der Waals surface area contributed by atoms with Crippen LogP contribution in [0, 0.1) is 5.92 Å². The fourth-order valence-electron chi connectivity index (χ4n) is 2.72. The molecule has 6 nitrogen and oxygen atoms in total. The lowest BCUT2D eigenvalue weighted by atomic mass is 9.86. The Kier molecular flexibility index (Phi) is 6.91. The van der Waals surface area contributed by atoms with E-state index in [1.807, 2.05) is 6.92 Å².